The molecular weight excluding hydrogens is 1020 g/mol. The topological polar surface area (TPSA) is 267 Å². The van der Waals surface area contributed by atoms with Crippen LogP contribution in [0.4, 0.5) is 4.79 Å². The summed E-state index contributed by atoms with van der Waals surface area (Å²) in [6.07, 6.45) is 1.36. The highest BCUT2D eigenvalue weighted by molar-refractivity contribution is 5.99. The van der Waals surface area contributed by atoms with Gasteiger partial charge in [-0.2, -0.15) is 0 Å². The molecule has 19 heteroatoms. The number of fused-ring (bicyclic) bond motifs is 2. The third-order valence-electron chi connectivity index (χ3n) is 15.0. The molecule has 3 aliphatic rings. The number of piperidine rings is 1. The van der Waals surface area contributed by atoms with Gasteiger partial charge < -0.3 is 62.3 Å². The minimum atomic E-state index is -1.41. The van der Waals surface area contributed by atoms with E-state index in [0.29, 0.717) is 47.7 Å². The minimum absolute atomic E-state index is 0.00370. The van der Waals surface area contributed by atoms with Gasteiger partial charge >= 0.3 is 6.09 Å². The van der Waals surface area contributed by atoms with Gasteiger partial charge in [0.2, 0.25) is 35.4 Å². The molecule has 418 valence electrons. The molecule has 2 unspecified atom stereocenters. The number of nitrogens with two attached hydrogens (primary N) is 1. The van der Waals surface area contributed by atoms with E-state index in [-0.39, 0.29) is 57.7 Å². The molecule has 9 rings (SSSR count). The summed E-state index contributed by atoms with van der Waals surface area (Å²) in [5, 5.41) is 21.6. The Morgan fingerprint density at radius 3 is 1.95 bits per heavy atom. The summed E-state index contributed by atoms with van der Waals surface area (Å²) in [6.45, 7) is 3.69. The monoisotopic (exact) mass is 1090 g/mol. The van der Waals surface area contributed by atoms with Crippen molar-refractivity contribution in [2.45, 2.75) is 101 Å². The first-order valence-corrected chi connectivity index (χ1v) is 27.5. The summed E-state index contributed by atoms with van der Waals surface area (Å²) >= 11 is 0. The van der Waals surface area contributed by atoms with E-state index >= 15 is 28.8 Å². The highest BCUT2D eigenvalue weighted by Crippen LogP contribution is 2.27. The van der Waals surface area contributed by atoms with Crippen molar-refractivity contribution in [3.8, 4) is 5.75 Å². The number of benzene rings is 5. The molecule has 3 aliphatic heterocycles. The van der Waals surface area contributed by atoms with Crippen LogP contribution in [0.5, 0.6) is 5.75 Å². The number of nitrogens with one attached hydrogen (secondary N) is 8. The van der Waals surface area contributed by atoms with Crippen molar-refractivity contribution >= 4 is 52.4 Å². The average Bonchev–Trinajstić information content (AvgIpc) is 4.13. The Morgan fingerprint density at radius 1 is 0.650 bits per heavy atom. The Labute approximate surface area is 464 Å². The normalized spacial score (nSPS) is 22.6. The lowest BCUT2D eigenvalue weighted by atomic mass is 9.90. The van der Waals surface area contributed by atoms with Crippen LogP contribution in [-0.4, -0.2) is 120 Å². The Hall–Kier alpha value is -8.55. The van der Waals surface area contributed by atoms with Gasteiger partial charge in [0.25, 0.3) is 0 Å². The van der Waals surface area contributed by atoms with Crippen LogP contribution >= 0.6 is 0 Å². The Bertz CT molecular complexity index is 3100. The van der Waals surface area contributed by atoms with E-state index in [1.54, 1.807) is 85.1 Å². The van der Waals surface area contributed by atoms with Crippen LogP contribution in [0, 0.1) is 12.8 Å². The quantitative estimate of drug-likeness (QED) is 0.0711. The van der Waals surface area contributed by atoms with Crippen molar-refractivity contribution < 1.29 is 43.0 Å². The van der Waals surface area contributed by atoms with Crippen molar-refractivity contribution in [1.82, 2.24) is 47.1 Å². The summed E-state index contributed by atoms with van der Waals surface area (Å²) < 4.78 is 11.8. The van der Waals surface area contributed by atoms with Gasteiger partial charge in [-0.15, -0.1) is 0 Å². The van der Waals surface area contributed by atoms with Crippen LogP contribution in [0.25, 0.3) is 10.9 Å². The second-order valence-corrected chi connectivity index (χ2v) is 20.9. The van der Waals surface area contributed by atoms with E-state index in [1.165, 1.54) is 4.90 Å². The van der Waals surface area contributed by atoms with Crippen molar-refractivity contribution in [1.29, 1.82) is 0 Å². The summed E-state index contributed by atoms with van der Waals surface area (Å²) in [7, 11) is 0. The Kier molecular flexibility index (Phi) is 18.9. The molecule has 6 aromatic rings. The summed E-state index contributed by atoms with van der Waals surface area (Å²) in [4.78, 5) is 109. The van der Waals surface area contributed by atoms with Gasteiger partial charge in [-0.1, -0.05) is 115 Å². The van der Waals surface area contributed by atoms with Crippen molar-refractivity contribution in [3.63, 3.8) is 0 Å². The number of carbonyl (C=O) groups excluding carboxylic acids is 7. The fourth-order valence-electron chi connectivity index (χ4n) is 10.7. The number of carbonyl (C=O) groups is 7. The SMILES string of the molecule is Cc1ccc2[nH]cc(C[C@H]3NC(=O)[C@H](c4ccccc4)NC(=O)[C@@H]4C[C@@H](OC(=O)NCCN)CN4C(=O)C(Cc4ccccc4)NC(=O)[C@H](Cc4ccc(OCc5ccccc5)cc4)NC(=O)C(CC4CCNCC4)NC3=O)c2c1. The fourth-order valence-corrected chi connectivity index (χ4v) is 10.7. The maximum absolute atomic E-state index is 15.4. The molecule has 7 amide bonds. The van der Waals surface area contributed by atoms with Gasteiger partial charge in [-0.3, -0.25) is 28.8 Å². The highest BCUT2D eigenvalue weighted by Gasteiger charge is 2.45. The standard InChI is InChI=1S/C61H70N10O9/c1-38-17-22-48-47(29-38)44(35-65-48)33-51-57(74)67-50(31-41-23-26-63-27-24-41)55(72)66-49(30-40-18-20-45(21-19-40)79-37-42-13-7-3-8-14-42)56(73)69-52(32-39-11-5-2-6-12-39)60(77)71-36-46(80-61(78)64-28-25-62)34-53(71)58(75)70-54(59(76)68-51)43-15-9-4-10-16-43/h2-22,29,35,41,46,49-54,63,65H,23-28,30-34,36-37,62H2,1H3,(H,64,78)(H,66,72)(H,67,74)(H,68,76)(H,69,73)(H,70,75)/t46-,49+,50?,51-,52?,53+,54+/m1/s1. The molecule has 80 heavy (non-hydrogen) atoms. The zero-order chi connectivity index (χ0) is 56.0. The number of aromatic nitrogens is 1. The molecule has 0 radical (unpaired) electrons. The number of aryl methyl sites for hydroxylation is 1. The number of hydrogen-bond acceptors (Lipinski definition) is 11. The summed E-state index contributed by atoms with van der Waals surface area (Å²) in [6, 6.07) is 32.4. The fraction of sp³-hybridized carbons (Fsp3) is 0.361. The zero-order valence-corrected chi connectivity index (χ0v) is 44.8. The molecule has 5 aromatic carbocycles. The first kappa shape index (κ1) is 56.2. The molecule has 3 fully saturated rings. The largest absolute Gasteiger partial charge is 0.489 e. The predicted molar refractivity (Wildman–Crippen MR) is 301 cm³/mol. The van der Waals surface area contributed by atoms with Crippen LogP contribution < -0.4 is 47.7 Å². The number of amides is 7. The molecule has 10 N–H and O–H groups in total. The lowest BCUT2D eigenvalue weighted by Crippen LogP contribution is -2.61. The van der Waals surface area contributed by atoms with E-state index in [4.69, 9.17) is 15.2 Å². The predicted octanol–water partition coefficient (Wildman–Crippen LogP) is 3.94. The molecule has 3 saturated heterocycles. The Morgan fingerprint density at radius 2 is 1.25 bits per heavy atom. The maximum atomic E-state index is 15.4. The number of nitrogens with zero attached hydrogens (tertiary/aromatic N) is 1. The van der Waals surface area contributed by atoms with E-state index in [0.717, 1.165) is 34.9 Å². The lowest BCUT2D eigenvalue weighted by Gasteiger charge is -2.32. The van der Waals surface area contributed by atoms with Gasteiger partial charge in [0.1, 0.15) is 54.7 Å². The lowest BCUT2D eigenvalue weighted by molar-refractivity contribution is -0.143. The number of ether oxygens (including phenoxy) is 2. The van der Waals surface area contributed by atoms with Crippen LogP contribution in [0.15, 0.2) is 140 Å². The van der Waals surface area contributed by atoms with Crippen molar-refractivity contribution in [2.24, 2.45) is 11.7 Å². The van der Waals surface area contributed by atoms with Crippen molar-refractivity contribution in [3.05, 3.63) is 173 Å². The number of rotatable bonds is 15. The van der Waals surface area contributed by atoms with E-state index in [1.807, 2.05) is 61.5 Å². The van der Waals surface area contributed by atoms with Gasteiger partial charge in [0.05, 0.1) is 6.54 Å². The first-order chi connectivity index (χ1) is 38.9. The number of alkyl carbamates (subject to hydrolysis) is 1. The molecule has 0 saturated carbocycles. The number of hydrogen-bond donors (Lipinski definition) is 9. The van der Waals surface area contributed by atoms with Crippen LogP contribution in [0.2, 0.25) is 0 Å². The molecule has 0 bridgehead atoms. The van der Waals surface area contributed by atoms with Crippen LogP contribution in [0.3, 0.4) is 0 Å². The van der Waals surface area contributed by atoms with Crippen LogP contribution in [-0.2, 0) is 59.4 Å². The number of aromatic amines is 1. The first-order valence-electron chi connectivity index (χ1n) is 27.5. The van der Waals surface area contributed by atoms with Gasteiger partial charge in [0, 0.05) is 55.9 Å². The van der Waals surface area contributed by atoms with Crippen LogP contribution in [0.1, 0.15) is 65.1 Å². The minimum Gasteiger partial charge on any atom is -0.489 e. The van der Waals surface area contributed by atoms with E-state index < -0.39 is 83.9 Å². The zero-order valence-electron chi connectivity index (χ0n) is 44.8. The second kappa shape index (κ2) is 26.9. The molecule has 4 heterocycles. The molecule has 0 aliphatic carbocycles. The van der Waals surface area contributed by atoms with Gasteiger partial charge in [-0.25, -0.2) is 4.79 Å². The van der Waals surface area contributed by atoms with Gasteiger partial charge in [0.15, 0.2) is 0 Å². The van der Waals surface area contributed by atoms with Gasteiger partial charge in [-0.05, 0) is 97.3 Å². The third kappa shape index (κ3) is 14.8. The summed E-state index contributed by atoms with van der Waals surface area (Å²) in [5.41, 5.74) is 10.8. The smallest absolute Gasteiger partial charge is 0.407 e. The van der Waals surface area contributed by atoms with Crippen molar-refractivity contribution in [2.75, 3.05) is 32.7 Å². The molecular formula is C61H70N10O9. The highest BCUT2D eigenvalue weighted by atomic mass is 16.6. The second-order valence-electron chi connectivity index (χ2n) is 20.9. The maximum Gasteiger partial charge on any atom is 0.407 e. The molecule has 19 nitrogen and oxygen atoms in total. The van der Waals surface area contributed by atoms with E-state index in [9.17, 15) is 4.79 Å². The Balaban J connectivity index is 1.12. The molecule has 1 aromatic heterocycles. The molecule has 0 spiro atoms. The van der Waals surface area contributed by atoms with E-state index in [2.05, 4.69) is 42.2 Å². The molecule has 7 atom stereocenters. The number of H-pyrrole nitrogens is 1. The average molecular weight is 1090 g/mol. The summed E-state index contributed by atoms with van der Waals surface area (Å²) in [5.74, 6) is -3.59. The third-order valence-corrected chi connectivity index (χ3v) is 15.0.